The minimum atomic E-state index is -3.71. The molecule has 0 radical (unpaired) electrons. The number of aromatic nitrogens is 2. The van der Waals surface area contributed by atoms with E-state index in [0.29, 0.717) is 5.02 Å². The van der Waals surface area contributed by atoms with E-state index in [1.165, 1.54) is 0 Å². The molecule has 6 nitrogen and oxygen atoms in total. The molecule has 1 atom stereocenters. The van der Waals surface area contributed by atoms with Crippen LogP contribution in [-0.2, 0) is 10.0 Å². The quantitative estimate of drug-likeness (QED) is 0.896. The third-order valence-corrected chi connectivity index (χ3v) is 4.37. The van der Waals surface area contributed by atoms with Crippen molar-refractivity contribution >= 4 is 27.6 Å². The molecule has 0 spiro atoms. The number of sulfonamides is 1. The highest BCUT2D eigenvalue weighted by molar-refractivity contribution is 7.89. The fourth-order valence-electron chi connectivity index (χ4n) is 1.61. The number of anilines is 1. The van der Waals surface area contributed by atoms with Gasteiger partial charge in [-0.25, -0.2) is 23.1 Å². The first-order valence-electron chi connectivity index (χ1n) is 5.74. The Morgan fingerprint density at radius 2 is 1.95 bits per heavy atom. The van der Waals surface area contributed by atoms with Crippen LogP contribution in [0.5, 0.6) is 0 Å². The van der Waals surface area contributed by atoms with Crippen LogP contribution in [0.4, 0.5) is 5.95 Å². The Labute approximate surface area is 122 Å². The number of halogens is 1. The van der Waals surface area contributed by atoms with Gasteiger partial charge in [0.05, 0.1) is 12.4 Å². The Balaban J connectivity index is 2.22. The van der Waals surface area contributed by atoms with Crippen molar-refractivity contribution in [3.63, 3.8) is 0 Å². The normalized spacial score (nSPS) is 13.1. The second-order valence-corrected chi connectivity index (χ2v) is 6.33. The van der Waals surface area contributed by atoms with Gasteiger partial charge in [-0.15, -0.1) is 0 Å². The van der Waals surface area contributed by atoms with E-state index in [2.05, 4.69) is 14.7 Å². The molecule has 0 saturated carbocycles. The summed E-state index contributed by atoms with van der Waals surface area (Å²) < 4.78 is 26.8. The summed E-state index contributed by atoms with van der Waals surface area (Å²) in [5, 5.41) is 0.546. The largest absolute Gasteiger partial charge is 0.368 e. The van der Waals surface area contributed by atoms with Crippen LogP contribution < -0.4 is 10.5 Å². The first kappa shape index (κ1) is 14.7. The van der Waals surface area contributed by atoms with E-state index in [0.717, 1.165) is 18.0 Å². The van der Waals surface area contributed by atoms with Gasteiger partial charge in [-0.1, -0.05) is 23.7 Å². The van der Waals surface area contributed by atoms with E-state index in [-0.39, 0.29) is 10.8 Å². The summed E-state index contributed by atoms with van der Waals surface area (Å²) in [4.78, 5) is 7.29. The van der Waals surface area contributed by atoms with Gasteiger partial charge in [0.25, 0.3) is 0 Å². The molecule has 1 aromatic carbocycles. The van der Waals surface area contributed by atoms with Crippen molar-refractivity contribution in [1.82, 2.24) is 14.7 Å². The van der Waals surface area contributed by atoms with Crippen molar-refractivity contribution in [2.45, 2.75) is 17.9 Å². The second kappa shape index (κ2) is 5.74. The maximum absolute atomic E-state index is 12.1. The van der Waals surface area contributed by atoms with Gasteiger partial charge in [0.15, 0.2) is 0 Å². The topological polar surface area (TPSA) is 98.0 Å². The number of nitrogens with two attached hydrogens (primary N) is 1. The Morgan fingerprint density at radius 3 is 2.55 bits per heavy atom. The summed E-state index contributed by atoms with van der Waals surface area (Å²) in [6, 6.07) is 6.54. The van der Waals surface area contributed by atoms with Gasteiger partial charge in [0.2, 0.25) is 16.0 Å². The van der Waals surface area contributed by atoms with Gasteiger partial charge in [-0.3, -0.25) is 0 Å². The molecule has 0 aliphatic carbocycles. The Bertz CT molecular complexity index is 704. The summed E-state index contributed by atoms with van der Waals surface area (Å²) in [5.74, 6) is 0.0202. The zero-order chi connectivity index (χ0) is 14.8. The van der Waals surface area contributed by atoms with E-state index in [4.69, 9.17) is 17.3 Å². The number of hydrogen-bond donors (Lipinski definition) is 2. The standard InChI is InChI=1S/C12H13ClN4O2S/c1-8(9-3-2-4-10(13)5-9)17-20(18,19)11-6-15-12(14)16-7-11/h2-8,17H,1H3,(H2,14,15,16). The molecule has 106 valence electrons. The first-order chi connectivity index (χ1) is 9.38. The van der Waals surface area contributed by atoms with Crippen molar-refractivity contribution in [3.05, 3.63) is 47.2 Å². The molecule has 0 amide bonds. The molecule has 1 heterocycles. The minimum absolute atomic E-state index is 0.0202. The lowest BCUT2D eigenvalue weighted by Crippen LogP contribution is -2.27. The molecule has 2 aromatic rings. The summed E-state index contributed by atoms with van der Waals surface area (Å²) in [5.41, 5.74) is 6.09. The van der Waals surface area contributed by atoms with Crippen LogP contribution in [0.2, 0.25) is 5.02 Å². The van der Waals surface area contributed by atoms with Crippen LogP contribution in [-0.4, -0.2) is 18.4 Å². The van der Waals surface area contributed by atoms with Crippen LogP contribution >= 0.6 is 11.6 Å². The van der Waals surface area contributed by atoms with Gasteiger partial charge in [0, 0.05) is 11.1 Å². The monoisotopic (exact) mass is 312 g/mol. The maximum atomic E-state index is 12.1. The lowest BCUT2D eigenvalue weighted by Gasteiger charge is -2.14. The number of nitrogens with one attached hydrogen (secondary N) is 1. The van der Waals surface area contributed by atoms with E-state index in [1.54, 1.807) is 31.2 Å². The smallest absolute Gasteiger partial charge is 0.244 e. The highest BCUT2D eigenvalue weighted by atomic mass is 35.5. The predicted molar refractivity (Wildman–Crippen MR) is 76.6 cm³/mol. The highest BCUT2D eigenvalue weighted by Gasteiger charge is 2.19. The number of nitrogens with zero attached hydrogens (tertiary/aromatic N) is 2. The first-order valence-corrected chi connectivity index (χ1v) is 7.60. The molecule has 3 N–H and O–H groups in total. The molecular weight excluding hydrogens is 300 g/mol. The van der Waals surface area contributed by atoms with E-state index < -0.39 is 16.1 Å². The van der Waals surface area contributed by atoms with Crippen molar-refractivity contribution in [3.8, 4) is 0 Å². The Kier molecular flexibility index (Phi) is 4.22. The van der Waals surface area contributed by atoms with Crippen molar-refractivity contribution < 1.29 is 8.42 Å². The molecule has 0 fully saturated rings. The van der Waals surface area contributed by atoms with E-state index in [1.807, 2.05) is 0 Å². The SMILES string of the molecule is CC(NS(=O)(=O)c1cnc(N)nc1)c1cccc(Cl)c1. The van der Waals surface area contributed by atoms with Gasteiger partial charge in [-0.2, -0.15) is 0 Å². The molecule has 1 unspecified atom stereocenters. The summed E-state index contributed by atoms with van der Waals surface area (Å²) in [7, 11) is -3.71. The third kappa shape index (κ3) is 3.44. The maximum Gasteiger partial charge on any atom is 0.244 e. The Hall–Kier alpha value is -1.70. The van der Waals surface area contributed by atoms with Gasteiger partial charge < -0.3 is 5.73 Å². The number of rotatable bonds is 4. The summed E-state index contributed by atoms with van der Waals surface area (Å²) >= 11 is 5.88. The third-order valence-electron chi connectivity index (χ3n) is 2.64. The summed E-state index contributed by atoms with van der Waals surface area (Å²) in [6.07, 6.45) is 2.32. The van der Waals surface area contributed by atoms with Crippen LogP contribution in [0, 0.1) is 0 Å². The zero-order valence-corrected chi connectivity index (χ0v) is 12.2. The Morgan fingerprint density at radius 1 is 1.30 bits per heavy atom. The number of hydrogen-bond acceptors (Lipinski definition) is 5. The van der Waals surface area contributed by atoms with E-state index in [9.17, 15) is 8.42 Å². The molecule has 0 bridgehead atoms. The van der Waals surface area contributed by atoms with E-state index >= 15 is 0 Å². The lowest BCUT2D eigenvalue weighted by molar-refractivity contribution is 0.566. The van der Waals surface area contributed by atoms with Crippen molar-refractivity contribution in [1.29, 1.82) is 0 Å². The van der Waals surface area contributed by atoms with Gasteiger partial charge >= 0.3 is 0 Å². The molecule has 0 aliphatic rings. The molecule has 0 saturated heterocycles. The summed E-state index contributed by atoms with van der Waals surface area (Å²) in [6.45, 7) is 1.72. The van der Waals surface area contributed by atoms with Gasteiger partial charge in [-0.05, 0) is 24.6 Å². The van der Waals surface area contributed by atoms with Crippen LogP contribution in [0.3, 0.4) is 0 Å². The van der Waals surface area contributed by atoms with Crippen molar-refractivity contribution in [2.75, 3.05) is 5.73 Å². The molecule has 0 aliphatic heterocycles. The second-order valence-electron chi connectivity index (χ2n) is 4.17. The molecule has 8 heteroatoms. The molecule has 2 rings (SSSR count). The average Bonchev–Trinajstić information content (AvgIpc) is 2.38. The fourth-order valence-corrected chi connectivity index (χ4v) is 2.93. The van der Waals surface area contributed by atoms with Crippen LogP contribution in [0.1, 0.15) is 18.5 Å². The molecule has 20 heavy (non-hydrogen) atoms. The number of nitrogen functional groups attached to an aromatic ring is 1. The molecular formula is C12H13ClN4O2S. The van der Waals surface area contributed by atoms with Crippen molar-refractivity contribution in [2.24, 2.45) is 0 Å². The lowest BCUT2D eigenvalue weighted by atomic mass is 10.1. The minimum Gasteiger partial charge on any atom is -0.368 e. The van der Waals surface area contributed by atoms with Crippen LogP contribution in [0.15, 0.2) is 41.6 Å². The zero-order valence-electron chi connectivity index (χ0n) is 10.6. The van der Waals surface area contributed by atoms with Gasteiger partial charge in [0.1, 0.15) is 4.90 Å². The fraction of sp³-hybridized carbons (Fsp3) is 0.167. The predicted octanol–water partition coefficient (Wildman–Crippen LogP) is 1.75. The van der Waals surface area contributed by atoms with Crippen LogP contribution in [0.25, 0.3) is 0 Å². The molecule has 1 aromatic heterocycles. The highest BCUT2D eigenvalue weighted by Crippen LogP contribution is 2.19. The average molecular weight is 313 g/mol. The number of benzene rings is 1.